The summed E-state index contributed by atoms with van der Waals surface area (Å²) in [6.07, 6.45) is 1.25. The Kier molecular flexibility index (Phi) is 2.48. The SMILES string of the molecule is [CH2]C(C)C#CF. The highest BCUT2D eigenvalue weighted by Gasteiger charge is 1.77. The molecular weight excluding hydrogens is 79.1 g/mol. The first-order valence-electron chi connectivity index (χ1n) is 1.71. The largest absolute Gasteiger partial charge is 0.144 e. The van der Waals surface area contributed by atoms with Crippen molar-refractivity contribution in [2.45, 2.75) is 6.92 Å². The van der Waals surface area contributed by atoms with E-state index in [9.17, 15) is 4.39 Å². The van der Waals surface area contributed by atoms with E-state index >= 15 is 0 Å². The van der Waals surface area contributed by atoms with Crippen LogP contribution in [0.25, 0.3) is 0 Å². The summed E-state index contributed by atoms with van der Waals surface area (Å²) in [7, 11) is 0. The molecule has 0 fully saturated rings. The lowest BCUT2D eigenvalue weighted by molar-refractivity contribution is 0.766. The fourth-order valence-electron chi connectivity index (χ4n) is 0.0931. The molecule has 0 aromatic heterocycles. The molecule has 1 heteroatoms. The van der Waals surface area contributed by atoms with Gasteiger partial charge in [-0.1, -0.05) is 12.8 Å². The van der Waals surface area contributed by atoms with Crippen molar-refractivity contribution in [1.29, 1.82) is 0 Å². The molecule has 0 saturated carbocycles. The molecule has 0 aromatic rings. The van der Waals surface area contributed by atoms with Gasteiger partial charge < -0.3 is 0 Å². The average Bonchev–Trinajstić information content (AvgIpc) is 1.35. The predicted molar refractivity (Wildman–Crippen MR) is 23.4 cm³/mol. The molecule has 0 aromatic carbocycles. The van der Waals surface area contributed by atoms with Crippen molar-refractivity contribution >= 4 is 0 Å². The first-order chi connectivity index (χ1) is 2.77. The first-order valence-corrected chi connectivity index (χ1v) is 1.71. The Labute approximate surface area is 37.4 Å². The van der Waals surface area contributed by atoms with Crippen molar-refractivity contribution in [1.82, 2.24) is 0 Å². The van der Waals surface area contributed by atoms with Gasteiger partial charge in [-0.05, 0) is 6.92 Å². The van der Waals surface area contributed by atoms with Crippen LogP contribution in [0.1, 0.15) is 6.92 Å². The van der Waals surface area contributed by atoms with Crippen LogP contribution in [0.4, 0.5) is 4.39 Å². The van der Waals surface area contributed by atoms with Crippen molar-refractivity contribution in [3.8, 4) is 12.1 Å². The minimum absolute atomic E-state index is 0.0880. The summed E-state index contributed by atoms with van der Waals surface area (Å²) in [4.78, 5) is 0. The van der Waals surface area contributed by atoms with Gasteiger partial charge in [-0.15, -0.1) is 4.39 Å². The third-order valence-corrected chi connectivity index (χ3v) is 0.301. The minimum atomic E-state index is -0.0880. The Balaban J connectivity index is 3.20. The van der Waals surface area contributed by atoms with Crippen molar-refractivity contribution < 1.29 is 4.39 Å². The van der Waals surface area contributed by atoms with Crippen LogP contribution in [0.15, 0.2) is 0 Å². The standard InChI is InChI=1S/C5H6F/c1-5(2)3-4-6/h5H,1H2,2H3. The Morgan fingerprint density at radius 2 is 2.33 bits per heavy atom. The van der Waals surface area contributed by atoms with Crippen molar-refractivity contribution in [3.05, 3.63) is 6.92 Å². The zero-order valence-electron chi connectivity index (χ0n) is 3.66. The molecule has 33 valence electrons. The topological polar surface area (TPSA) is 0 Å². The van der Waals surface area contributed by atoms with Crippen LogP contribution < -0.4 is 0 Å². The Morgan fingerprint density at radius 1 is 1.83 bits per heavy atom. The maximum atomic E-state index is 10.8. The van der Waals surface area contributed by atoms with Gasteiger partial charge in [-0.3, -0.25) is 0 Å². The van der Waals surface area contributed by atoms with Crippen LogP contribution in [0, 0.1) is 24.9 Å². The summed E-state index contributed by atoms with van der Waals surface area (Å²) in [5.74, 6) is 2.09. The molecule has 0 nitrogen and oxygen atoms in total. The summed E-state index contributed by atoms with van der Waals surface area (Å²) < 4.78 is 10.8. The molecule has 0 aliphatic carbocycles. The van der Waals surface area contributed by atoms with Crippen LogP contribution in [0.3, 0.4) is 0 Å². The van der Waals surface area contributed by atoms with Gasteiger partial charge in [0.05, 0.1) is 0 Å². The average molecular weight is 85.1 g/mol. The van der Waals surface area contributed by atoms with E-state index in [1.54, 1.807) is 6.92 Å². The minimum Gasteiger partial charge on any atom is -0.144 e. The number of rotatable bonds is 0. The van der Waals surface area contributed by atoms with Gasteiger partial charge in [0.2, 0.25) is 0 Å². The predicted octanol–water partition coefficient (Wildman–Crippen LogP) is 1.39. The van der Waals surface area contributed by atoms with Gasteiger partial charge in [0.15, 0.2) is 0 Å². The fraction of sp³-hybridized carbons (Fsp3) is 0.400. The lowest BCUT2D eigenvalue weighted by atomic mass is 10.2. The molecule has 1 radical (unpaired) electrons. The molecule has 0 rings (SSSR count). The van der Waals surface area contributed by atoms with E-state index in [2.05, 4.69) is 12.8 Å². The highest BCUT2D eigenvalue weighted by Crippen LogP contribution is 1.83. The second-order valence-corrected chi connectivity index (χ2v) is 1.14. The summed E-state index contributed by atoms with van der Waals surface area (Å²) in [5.41, 5.74) is 0. The summed E-state index contributed by atoms with van der Waals surface area (Å²) in [5, 5.41) is 0. The molecule has 0 spiro atoms. The van der Waals surface area contributed by atoms with E-state index in [1.165, 1.54) is 6.17 Å². The molecule has 0 amide bonds. The second-order valence-electron chi connectivity index (χ2n) is 1.14. The third-order valence-electron chi connectivity index (χ3n) is 0.301. The summed E-state index contributed by atoms with van der Waals surface area (Å²) in [6.45, 7) is 5.14. The third kappa shape index (κ3) is 3.49. The lowest BCUT2D eigenvalue weighted by Crippen LogP contribution is -1.75. The van der Waals surface area contributed by atoms with E-state index in [-0.39, 0.29) is 5.92 Å². The van der Waals surface area contributed by atoms with Crippen LogP contribution in [-0.4, -0.2) is 0 Å². The molecule has 0 aliphatic rings. The van der Waals surface area contributed by atoms with Crippen molar-refractivity contribution in [2.24, 2.45) is 5.92 Å². The molecule has 6 heavy (non-hydrogen) atoms. The Bertz CT molecular complexity index is 73.7. The summed E-state index contributed by atoms with van der Waals surface area (Å²) in [6, 6.07) is 0. The smallest absolute Gasteiger partial charge is 0.105 e. The zero-order chi connectivity index (χ0) is 4.99. The summed E-state index contributed by atoms with van der Waals surface area (Å²) >= 11 is 0. The van der Waals surface area contributed by atoms with Crippen LogP contribution >= 0.6 is 0 Å². The molecule has 0 bridgehead atoms. The van der Waals surface area contributed by atoms with Crippen molar-refractivity contribution in [3.63, 3.8) is 0 Å². The monoisotopic (exact) mass is 85.0 g/mol. The van der Waals surface area contributed by atoms with E-state index < -0.39 is 0 Å². The van der Waals surface area contributed by atoms with E-state index in [1.807, 2.05) is 0 Å². The van der Waals surface area contributed by atoms with Gasteiger partial charge in [-0.2, -0.15) is 0 Å². The second kappa shape index (κ2) is 2.71. The molecule has 0 N–H and O–H groups in total. The molecular formula is C5H6F. The molecule has 0 saturated heterocycles. The van der Waals surface area contributed by atoms with Gasteiger partial charge in [0, 0.05) is 5.92 Å². The fourth-order valence-corrected chi connectivity index (χ4v) is 0.0931. The highest BCUT2D eigenvalue weighted by molar-refractivity contribution is 4.96. The molecule has 0 heterocycles. The number of hydrogen-bond donors (Lipinski definition) is 0. The Morgan fingerprint density at radius 3 is 2.33 bits per heavy atom. The van der Waals surface area contributed by atoms with Gasteiger partial charge >= 0.3 is 0 Å². The number of halogens is 1. The van der Waals surface area contributed by atoms with Gasteiger partial charge in [0.25, 0.3) is 0 Å². The molecule has 0 aliphatic heterocycles. The van der Waals surface area contributed by atoms with Crippen molar-refractivity contribution in [2.75, 3.05) is 0 Å². The Hall–Kier alpha value is -0.510. The van der Waals surface area contributed by atoms with Gasteiger partial charge in [-0.25, -0.2) is 0 Å². The quantitative estimate of drug-likeness (QED) is 0.390. The van der Waals surface area contributed by atoms with Gasteiger partial charge in [0.1, 0.15) is 6.17 Å². The first kappa shape index (κ1) is 5.49. The normalized spacial score (nSPS) is 7.33. The molecule has 1 unspecified atom stereocenters. The van der Waals surface area contributed by atoms with E-state index in [0.29, 0.717) is 0 Å². The maximum Gasteiger partial charge on any atom is 0.105 e. The van der Waals surface area contributed by atoms with Crippen LogP contribution in [-0.2, 0) is 0 Å². The lowest BCUT2D eigenvalue weighted by Gasteiger charge is -1.80. The van der Waals surface area contributed by atoms with Crippen LogP contribution in [0.5, 0.6) is 0 Å². The number of hydrogen-bond acceptors (Lipinski definition) is 0. The van der Waals surface area contributed by atoms with E-state index in [0.717, 1.165) is 0 Å². The van der Waals surface area contributed by atoms with E-state index in [4.69, 9.17) is 0 Å². The maximum absolute atomic E-state index is 10.8. The highest BCUT2D eigenvalue weighted by atomic mass is 19.1. The molecule has 1 atom stereocenters. The zero-order valence-corrected chi connectivity index (χ0v) is 3.66. The van der Waals surface area contributed by atoms with Crippen LogP contribution in [0.2, 0.25) is 0 Å².